The number of aliphatic hydroxyl groups excluding tert-OH is 1. The van der Waals surface area contributed by atoms with Crippen LogP contribution in [0.3, 0.4) is 0 Å². The molecular weight excluding hydrogens is 178 g/mol. The minimum absolute atomic E-state index is 0.202. The van der Waals surface area contributed by atoms with Gasteiger partial charge in [-0.25, -0.2) is 0 Å². The third-order valence-corrected chi connectivity index (χ3v) is 2.30. The van der Waals surface area contributed by atoms with Crippen molar-refractivity contribution in [2.75, 3.05) is 6.54 Å². The van der Waals surface area contributed by atoms with Crippen LogP contribution in [0.2, 0.25) is 0 Å². The highest BCUT2D eigenvalue weighted by atomic mass is 16.3. The molecule has 0 saturated heterocycles. The second-order valence-electron chi connectivity index (χ2n) is 3.91. The van der Waals surface area contributed by atoms with Crippen LogP contribution in [0.5, 0.6) is 0 Å². The van der Waals surface area contributed by atoms with E-state index in [0.29, 0.717) is 5.92 Å². The summed E-state index contributed by atoms with van der Waals surface area (Å²) in [6, 6.07) is 1.94. The lowest BCUT2D eigenvalue weighted by Gasteiger charge is -2.14. The quantitative estimate of drug-likeness (QED) is 0.683. The first-order valence-corrected chi connectivity index (χ1v) is 5.10. The summed E-state index contributed by atoms with van der Waals surface area (Å²) >= 11 is 0. The van der Waals surface area contributed by atoms with Crippen LogP contribution in [-0.2, 0) is 6.54 Å². The van der Waals surface area contributed by atoms with E-state index >= 15 is 0 Å². The largest absolute Gasteiger partial charge is 0.472 e. The van der Waals surface area contributed by atoms with Crippen LogP contribution in [-0.4, -0.2) is 17.8 Å². The van der Waals surface area contributed by atoms with Crippen LogP contribution in [0, 0.1) is 5.92 Å². The summed E-state index contributed by atoms with van der Waals surface area (Å²) < 4.78 is 4.94. The minimum Gasteiger partial charge on any atom is -0.472 e. The van der Waals surface area contributed by atoms with Crippen molar-refractivity contribution in [1.29, 1.82) is 0 Å². The van der Waals surface area contributed by atoms with E-state index in [-0.39, 0.29) is 6.10 Å². The fourth-order valence-corrected chi connectivity index (χ4v) is 1.21. The predicted molar refractivity (Wildman–Crippen MR) is 55.9 cm³/mol. The molecule has 0 aliphatic heterocycles. The molecule has 1 rings (SSSR count). The van der Waals surface area contributed by atoms with E-state index in [1.165, 1.54) is 0 Å². The van der Waals surface area contributed by atoms with Gasteiger partial charge in [-0.1, -0.05) is 13.8 Å². The van der Waals surface area contributed by atoms with E-state index in [1.807, 2.05) is 19.9 Å². The Balaban J connectivity index is 2.05. The lowest BCUT2D eigenvalue weighted by atomic mass is 10.0. The van der Waals surface area contributed by atoms with Crippen LogP contribution in [0.15, 0.2) is 23.0 Å². The van der Waals surface area contributed by atoms with Crippen molar-refractivity contribution in [2.45, 2.75) is 32.9 Å². The van der Waals surface area contributed by atoms with Crippen LogP contribution >= 0.6 is 0 Å². The third kappa shape index (κ3) is 3.94. The molecule has 0 saturated carbocycles. The maximum absolute atomic E-state index is 9.53. The SMILES string of the molecule is CC(C)C(O)CCNCc1ccoc1. The average molecular weight is 197 g/mol. The fourth-order valence-electron chi connectivity index (χ4n) is 1.21. The molecule has 1 atom stereocenters. The van der Waals surface area contributed by atoms with Crippen molar-refractivity contribution in [1.82, 2.24) is 5.32 Å². The monoisotopic (exact) mass is 197 g/mol. The van der Waals surface area contributed by atoms with Gasteiger partial charge in [-0.15, -0.1) is 0 Å². The maximum Gasteiger partial charge on any atom is 0.0947 e. The van der Waals surface area contributed by atoms with Crippen molar-refractivity contribution < 1.29 is 9.52 Å². The summed E-state index contributed by atoms with van der Waals surface area (Å²) in [5.41, 5.74) is 1.14. The molecule has 0 amide bonds. The average Bonchev–Trinajstić information content (AvgIpc) is 2.64. The summed E-state index contributed by atoms with van der Waals surface area (Å²) in [4.78, 5) is 0. The van der Waals surface area contributed by atoms with Gasteiger partial charge in [-0.2, -0.15) is 0 Å². The Morgan fingerprint density at radius 1 is 1.50 bits per heavy atom. The molecule has 1 aromatic rings. The molecule has 0 bridgehead atoms. The van der Waals surface area contributed by atoms with E-state index in [9.17, 15) is 5.11 Å². The van der Waals surface area contributed by atoms with Gasteiger partial charge in [0.05, 0.1) is 18.6 Å². The Kier molecular flexibility index (Phi) is 4.70. The number of hydrogen-bond acceptors (Lipinski definition) is 3. The molecule has 2 N–H and O–H groups in total. The smallest absolute Gasteiger partial charge is 0.0947 e. The molecule has 1 unspecified atom stereocenters. The molecular formula is C11H19NO2. The van der Waals surface area contributed by atoms with Crippen molar-refractivity contribution in [3.05, 3.63) is 24.2 Å². The van der Waals surface area contributed by atoms with Crippen molar-refractivity contribution in [3.63, 3.8) is 0 Å². The molecule has 3 heteroatoms. The molecule has 14 heavy (non-hydrogen) atoms. The number of rotatable bonds is 6. The van der Waals surface area contributed by atoms with Gasteiger partial charge >= 0.3 is 0 Å². The van der Waals surface area contributed by atoms with Gasteiger partial charge in [0, 0.05) is 12.1 Å². The Morgan fingerprint density at radius 2 is 2.29 bits per heavy atom. The zero-order chi connectivity index (χ0) is 10.4. The lowest BCUT2D eigenvalue weighted by molar-refractivity contribution is 0.116. The Bertz CT molecular complexity index is 231. The van der Waals surface area contributed by atoms with Crippen LogP contribution in [0.25, 0.3) is 0 Å². The summed E-state index contributed by atoms with van der Waals surface area (Å²) in [5.74, 6) is 0.339. The molecule has 1 heterocycles. The molecule has 80 valence electrons. The zero-order valence-electron chi connectivity index (χ0n) is 8.86. The molecule has 0 aromatic carbocycles. The number of hydrogen-bond donors (Lipinski definition) is 2. The Labute approximate surface area is 85.1 Å². The zero-order valence-corrected chi connectivity index (χ0v) is 8.86. The van der Waals surface area contributed by atoms with Gasteiger partial charge in [-0.3, -0.25) is 0 Å². The molecule has 1 aromatic heterocycles. The summed E-state index contributed by atoms with van der Waals surface area (Å²) in [7, 11) is 0. The van der Waals surface area contributed by atoms with Crippen molar-refractivity contribution in [2.24, 2.45) is 5.92 Å². The summed E-state index contributed by atoms with van der Waals surface area (Å²) in [6.45, 7) is 5.70. The molecule has 0 fully saturated rings. The fraction of sp³-hybridized carbons (Fsp3) is 0.636. The van der Waals surface area contributed by atoms with Crippen LogP contribution in [0.4, 0.5) is 0 Å². The van der Waals surface area contributed by atoms with Gasteiger partial charge in [0.1, 0.15) is 0 Å². The van der Waals surface area contributed by atoms with Gasteiger partial charge < -0.3 is 14.8 Å². The normalized spacial score (nSPS) is 13.4. The lowest BCUT2D eigenvalue weighted by Crippen LogP contribution is -2.23. The van der Waals surface area contributed by atoms with E-state index < -0.39 is 0 Å². The Hall–Kier alpha value is -0.800. The molecule has 0 aliphatic rings. The number of aliphatic hydroxyl groups is 1. The number of furan rings is 1. The standard InChI is InChI=1S/C11H19NO2/c1-9(2)11(13)3-5-12-7-10-4-6-14-8-10/h4,6,8-9,11-13H,3,5,7H2,1-2H3. The minimum atomic E-state index is -0.202. The highest BCUT2D eigenvalue weighted by Crippen LogP contribution is 2.04. The van der Waals surface area contributed by atoms with E-state index in [1.54, 1.807) is 12.5 Å². The topological polar surface area (TPSA) is 45.4 Å². The molecule has 3 nitrogen and oxygen atoms in total. The predicted octanol–water partition coefficient (Wildman–Crippen LogP) is 1.78. The number of nitrogens with one attached hydrogen (secondary N) is 1. The first kappa shape index (κ1) is 11.3. The maximum atomic E-state index is 9.53. The summed E-state index contributed by atoms with van der Waals surface area (Å²) in [6.07, 6.45) is 3.99. The highest BCUT2D eigenvalue weighted by Gasteiger charge is 2.07. The summed E-state index contributed by atoms with van der Waals surface area (Å²) in [5, 5.41) is 12.8. The first-order valence-electron chi connectivity index (χ1n) is 5.10. The van der Waals surface area contributed by atoms with Crippen LogP contribution < -0.4 is 5.32 Å². The van der Waals surface area contributed by atoms with Gasteiger partial charge in [-0.05, 0) is 24.9 Å². The van der Waals surface area contributed by atoms with Crippen molar-refractivity contribution >= 4 is 0 Å². The second-order valence-corrected chi connectivity index (χ2v) is 3.91. The third-order valence-electron chi connectivity index (χ3n) is 2.30. The first-order chi connectivity index (χ1) is 6.70. The Morgan fingerprint density at radius 3 is 2.86 bits per heavy atom. The van der Waals surface area contributed by atoms with E-state index in [2.05, 4.69) is 5.32 Å². The van der Waals surface area contributed by atoms with E-state index in [4.69, 9.17) is 4.42 Å². The van der Waals surface area contributed by atoms with Crippen molar-refractivity contribution in [3.8, 4) is 0 Å². The van der Waals surface area contributed by atoms with Gasteiger partial charge in [0.2, 0.25) is 0 Å². The van der Waals surface area contributed by atoms with Gasteiger partial charge in [0.25, 0.3) is 0 Å². The molecule has 0 spiro atoms. The molecule has 0 radical (unpaired) electrons. The van der Waals surface area contributed by atoms with Crippen LogP contribution in [0.1, 0.15) is 25.8 Å². The van der Waals surface area contributed by atoms with Gasteiger partial charge in [0.15, 0.2) is 0 Å². The van der Waals surface area contributed by atoms with E-state index in [0.717, 1.165) is 25.1 Å². The second kappa shape index (κ2) is 5.83. The highest BCUT2D eigenvalue weighted by molar-refractivity contribution is 5.04. The molecule has 0 aliphatic carbocycles.